The Morgan fingerprint density at radius 3 is 2.12 bits per heavy atom. The molecule has 0 aromatic heterocycles. The highest BCUT2D eigenvalue weighted by Gasteiger charge is 2.50. The standard InChI is InChI=1S/C7H15NO5.C6H10O5/c8-3-1-7(13,2-9)6(12)5(11)4(3)10;7-3-2-1-10-6(11-2)5(9)4(3)8/h3-6,9-13H,1-2,8H2;2-9H,1H2/t3-,4-,5+,6-,7-;2-,3-,4+,5-,6-/m01/s1. The average molecular weight is 355 g/mol. The minimum absolute atomic E-state index is 0.150. The van der Waals surface area contributed by atoms with Crippen LogP contribution in [0, 0.1) is 0 Å². The van der Waals surface area contributed by atoms with Crippen LogP contribution in [0.2, 0.25) is 0 Å². The van der Waals surface area contributed by atoms with Crippen LogP contribution in [0.15, 0.2) is 0 Å². The van der Waals surface area contributed by atoms with Gasteiger partial charge >= 0.3 is 0 Å². The van der Waals surface area contributed by atoms with Crippen molar-refractivity contribution in [3.63, 3.8) is 0 Å². The number of ether oxygens (including phenoxy) is 2. The van der Waals surface area contributed by atoms with Crippen LogP contribution in [0.25, 0.3) is 0 Å². The molecule has 3 rings (SSSR count). The van der Waals surface area contributed by atoms with Crippen molar-refractivity contribution in [2.75, 3.05) is 13.2 Å². The highest BCUT2D eigenvalue weighted by Crippen LogP contribution is 2.28. The van der Waals surface area contributed by atoms with Crippen LogP contribution in [-0.4, -0.2) is 115 Å². The summed E-state index contributed by atoms with van der Waals surface area (Å²) < 4.78 is 9.95. The lowest BCUT2D eigenvalue weighted by atomic mass is 9.77. The van der Waals surface area contributed by atoms with Crippen molar-refractivity contribution in [3.05, 3.63) is 0 Å². The van der Waals surface area contributed by atoms with Gasteiger partial charge in [-0.1, -0.05) is 0 Å². The fourth-order valence-corrected chi connectivity index (χ4v) is 2.95. The maximum absolute atomic E-state index is 9.56. The number of rotatable bonds is 1. The van der Waals surface area contributed by atoms with Gasteiger partial charge in [-0.3, -0.25) is 0 Å². The van der Waals surface area contributed by atoms with E-state index in [1.54, 1.807) is 0 Å². The SMILES string of the molecule is N[C@H]1C[C@](O)(CO)[C@@H](O)[C@H](O)[C@H]1O.O[C@@H]1[C@@H](O)[C@@H]2OC[C@@H](O2)[C@H]1O. The van der Waals surface area contributed by atoms with Crippen LogP contribution in [-0.2, 0) is 9.47 Å². The van der Waals surface area contributed by atoms with Crippen molar-refractivity contribution in [1.29, 1.82) is 0 Å². The van der Waals surface area contributed by atoms with Gasteiger partial charge in [-0.15, -0.1) is 0 Å². The van der Waals surface area contributed by atoms with Gasteiger partial charge in [0.25, 0.3) is 0 Å². The lowest BCUT2D eigenvalue weighted by Gasteiger charge is -2.43. The van der Waals surface area contributed by atoms with Crippen LogP contribution >= 0.6 is 0 Å². The lowest BCUT2D eigenvalue weighted by Crippen LogP contribution is -2.66. The van der Waals surface area contributed by atoms with E-state index < -0.39 is 67.3 Å². The van der Waals surface area contributed by atoms with E-state index in [1.165, 1.54) is 0 Å². The lowest BCUT2D eigenvalue weighted by molar-refractivity contribution is -0.228. The van der Waals surface area contributed by atoms with Crippen LogP contribution in [0.3, 0.4) is 0 Å². The zero-order valence-corrected chi connectivity index (χ0v) is 12.8. The number of fused-ring (bicyclic) bond motifs is 2. The summed E-state index contributed by atoms with van der Waals surface area (Å²) in [5.74, 6) is 0. The summed E-state index contributed by atoms with van der Waals surface area (Å²) in [5, 5.41) is 73.7. The quantitative estimate of drug-likeness (QED) is 0.217. The van der Waals surface area contributed by atoms with Gasteiger partial charge < -0.3 is 56.1 Å². The molecule has 24 heavy (non-hydrogen) atoms. The molecular weight excluding hydrogens is 330 g/mol. The van der Waals surface area contributed by atoms with Crippen molar-refractivity contribution >= 4 is 0 Å². The van der Waals surface area contributed by atoms with E-state index in [9.17, 15) is 30.6 Å². The summed E-state index contributed by atoms with van der Waals surface area (Å²) in [7, 11) is 0. The molecule has 11 heteroatoms. The predicted octanol–water partition coefficient (Wildman–Crippen LogP) is -5.65. The van der Waals surface area contributed by atoms with Crippen LogP contribution in [0.4, 0.5) is 0 Å². The first-order valence-electron chi connectivity index (χ1n) is 7.56. The molecule has 0 unspecified atom stereocenters. The topological polar surface area (TPSA) is 206 Å². The number of nitrogens with two attached hydrogens (primary N) is 1. The second-order valence-corrected chi connectivity index (χ2v) is 6.40. The van der Waals surface area contributed by atoms with Crippen molar-refractivity contribution < 1.29 is 50.3 Å². The van der Waals surface area contributed by atoms with Gasteiger partial charge in [0.2, 0.25) is 0 Å². The third-order valence-electron chi connectivity index (χ3n) is 4.62. The predicted molar refractivity (Wildman–Crippen MR) is 75.3 cm³/mol. The maximum atomic E-state index is 9.56. The van der Waals surface area contributed by atoms with E-state index >= 15 is 0 Å². The Labute approximate surface area is 137 Å². The Kier molecular flexibility index (Phi) is 6.16. The summed E-state index contributed by atoms with van der Waals surface area (Å²) in [6, 6.07) is -0.851. The first kappa shape index (κ1) is 19.9. The van der Waals surface area contributed by atoms with Gasteiger partial charge in [0.05, 0.1) is 19.3 Å². The molecule has 142 valence electrons. The van der Waals surface area contributed by atoms with Gasteiger partial charge in [0.15, 0.2) is 6.29 Å². The molecule has 0 aromatic carbocycles. The van der Waals surface area contributed by atoms with E-state index in [2.05, 4.69) is 0 Å². The first-order valence-corrected chi connectivity index (χ1v) is 7.56. The summed E-state index contributed by atoms with van der Waals surface area (Å²) >= 11 is 0. The van der Waals surface area contributed by atoms with Crippen LogP contribution < -0.4 is 5.73 Å². The van der Waals surface area contributed by atoms with Gasteiger partial charge in [-0.2, -0.15) is 0 Å². The summed E-state index contributed by atoms with van der Waals surface area (Å²) in [6.07, 6.45) is -9.11. The monoisotopic (exact) mass is 355 g/mol. The van der Waals surface area contributed by atoms with Gasteiger partial charge in [-0.25, -0.2) is 0 Å². The van der Waals surface area contributed by atoms with Gasteiger partial charge in [-0.05, 0) is 6.42 Å². The van der Waals surface area contributed by atoms with Crippen LogP contribution in [0.5, 0.6) is 0 Å². The fraction of sp³-hybridized carbons (Fsp3) is 1.00. The maximum Gasteiger partial charge on any atom is 0.186 e. The van der Waals surface area contributed by atoms with Crippen molar-refractivity contribution in [2.24, 2.45) is 5.73 Å². The first-order chi connectivity index (χ1) is 11.1. The normalized spacial score (nSPS) is 54.1. The summed E-state index contributed by atoms with van der Waals surface area (Å²) in [6.45, 7) is -0.467. The molecule has 3 fully saturated rings. The molecule has 1 aliphatic carbocycles. The Bertz CT molecular complexity index is 408. The third kappa shape index (κ3) is 3.57. The molecule has 2 heterocycles. The number of hydrogen-bond donors (Lipinski definition) is 9. The summed E-state index contributed by atoms with van der Waals surface area (Å²) in [4.78, 5) is 0. The molecule has 11 nitrogen and oxygen atoms in total. The van der Waals surface area contributed by atoms with Crippen LogP contribution in [0.1, 0.15) is 6.42 Å². The smallest absolute Gasteiger partial charge is 0.186 e. The van der Waals surface area contributed by atoms with E-state index in [0.717, 1.165) is 0 Å². The summed E-state index contributed by atoms with van der Waals surface area (Å²) in [5.41, 5.74) is 3.57. The molecule has 1 saturated carbocycles. The van der Waals surface area contributed by atoms with Crippen molar-refractivity contribution in [2.45, 2.75) is 67.1 Å². The van der Waals surface area contributed by atoms with E-state index in [-0.39, 0.29) is 13.0 Å². The van der Waals surface area contributed by atoms with Gasteiger partial charge in [0.1, 0.15) is 42.2 Å². The number of aliphatic hydroxyl groups is 8. The number of aliphatic hydroxyl groups excluding tert-OH is 7. The molecule has 10 N–H and O–H groups in total. The molecule has 0 radical (unpaired) electrons. The zero-order valence-electron chi connectivity index (χ0n) is 12.8. The molecular formula is C13H25NO10. The molecule has 10 atom stereocenters. The van der Waals surface area contributed by atoms with E-state index in [1.807, 2.05) is 0 Å². The molecule has 2 aliphatic heterocycles. The van der Waals surface area contributed by atoms with Gasteiger partial charge in [0, 0.05) is 6.04 Å². The fourth-order valence-electron chi connectivity index (χ4n) is 2.95. The molecule has 2 saturated heterocycles. The minimum atomic E-state index is -1.82. The Morgan fingerprint density at radius 1 is 0.917 bits per heavy atom. The molecule has 2 bridgehead atoms. The highest BCUT2D eigenvalue weighted by molar-refractivity contribution is 5.03. The van der Waals surface area contributed by atoms with E-state index in [4.69, 9.17) is 25.4 Å². The van der Waals surface area contributed by atoms with Crippen molar-refractivity contribution in [1.82, 2.24) is 0 Å². The molecule has 3 aliphatic rings. The largest absolute Gasteiger partial charge is 0.393 e. The Hall–Kier alpha value is -0.440. The third-order valence-corrected chi connectivity index (χ3v) is 4.62. The molecule has 0 amide bonds. The Balaban J connectivity index is 0.000000175. The van der Waals surface area contributed by atoms with Crippen molar-refractivity contribution in [3.8, 4) is 0 Å². The average Bonchev–Trinajstić information content (AvgIpc) is 3.03. The second kappa shape index (κ2) is 7.43. The second-order valence-electron chi connectivity index (χ2n) is 6.40. The Morgan fingerprint density at radius 2 is 1.54 bits per heavy atom. The highest BCUT2D eigenvalue weighted by atomic mass is 16.7. The minimum Gasteiger partial charge on any atom is -0.393 e. The number of hydrogen-bond acceptors (Lipinski definition) is 11. The molecule has 0 spiro atoms. The zero-order chi connectivity index (χ0) is 18.2. The molecule has 0 aromatic rings. The van der Waals surface area contributed by atoms with E-state index in [0.29, 0.717) is 0 Å².